The number of carbonyl (C=O) groups excluding carboxylic acids is 1. The number of fused-ring (bicyclic) bond motifs is 3. The fourth-order valence-electron chi connectivity index (χ4n) is 2.44. The van der Waals surface area contributed by atoms with Crippen molar-refractivity contribution < 1.29 is 4.79 Å². The zero-order valence-corrected chi connectivity index (χ0v) is 11.9. The fraction of sp³-hybridized carbons (Fsp3) is 0.312. The number of carbonyl (C=O) groups is 1. The normalized spacial score (nSPS) is 13.7. The molecule has 3 rings (SSSR count). The first kappa shape index (κ1) is 11.7. The Hall–Kier alpha value is -1.41. The molecule has 0 fully saturated rings. The van der Waals surface area contributed by atoms with E-state index in [4.69, 9.17) is 0 Å². The average molecular weight is 256 g/mol. The number of hydrogen-bond acceptors (Lipinski definition) is 2. The van der Waals surface area contributed by atoms with Crippen molar-refractivity contribution >= 4 is 17.1 Å². The molecule has 1 aromatic carbocycles. The van der Waals surface area contributed by atoms with E-state index < -0.39 is 0 Å². The van der Waals surface area contributed by atoms with E-state index in [1.807, 2.05) is 0 Å². The predicted octanol–water partition coefficient (Wildman–Crippen LogP) is 4.57. The molecular weight excluding hydrogens is 240 g/mol. The Bertz CT molecular complexity index is 656. The van der Waals surface area contributed by atoms with Crippen molar-refractivity contribution in [2.75, 3.05) is 0 Å². The summed E-state index contributed by atoms with van der Waals surface area (Å²) in [5, 5.41) is 0. The molecule has 1 nitrogen and oxygen atoms in total. The molecule has 0 saturated carbocycles. The van der Waals surface area contributed by atoms with Gasteiger partial charge >= 0.3 is 0 Å². The van der Waals surface area contributed by atoms with Crippen LogP contribution < -0.4 is 0 Å². The molecule has 0 bridgehead atoms. The van der Waals surface area contributed by atoms with Crippen LogP contribution in [0, 0.1) is 6.92 Å². The molecule has 0 radical (unpaired) electrons. The zero-order valence-electron chi connectivity index (χ0n) is 11.1. The second-order valence-corrected chi connectivity index (χ2v) is 7.20. The lowest BCUT2D eigenvalue weighted by atomic mass is 9.85. The number of aryl methyl sites for hydroxylation is 1. The number of rotatable bonds is 0. The van der Waals surface area contributed by atoms with Crippen LogP contribution in [0.3, 0.4) is 0 Å². The predicted molar refractivity (Wildman–Crippen MR) is 76.6 cm³/mol. The highest BCUT2D eigenvalue weighted by Crippen LogP contribution is 2.42. The van der Waals surface area contributed by atoms with Crippen molar-refractivity contribution in [2.45, 2.75) is 33.1 Å². The second kappa shape index (κ2) is 3.55. The van der Waals surface area contributed by atoms with Gasteiger partial charge in [-0.15, -0.1) is 11.3 Å². The van der Waals surface area contributed by atoms with Gasteiger partial charge in [-0.1, -0.05) is 32.9 Å². The van der Waals surface area contributed by atoms with Crippen LogP contribution in [-0.2, 0) is 5.41 Å². The van der Waals surface area contributed by atoms with Gasteiger partial charge in [-0.3, -0.25) is 4.79 Å². The van der Waals surface area contributed by atoms with Gasteiger partial charge in [0, 0.05) is 16.0 Å². The highest BCUT2D eigenvalue weighted by Gasteiger charge is 2.30. The molecule has 1 aliphatic rings. The van der Waals surface area contributed by atoms with Crippen LogP contribution in [0.1, 0.15) is 46.4 Å². The average Bonchev–Trinajstić information content (AvgIpc) is 2.77. The molecule has 0 aliphatic heterocycles. The highest BCUT2D eigenvalue weighted by molar-refractivity contribution is 7.15. The summed E-state index contributed by atoms with van der Waals surface area (Å²) >= 11 is 1.61. The third-order valence-corrected chi connectivity index (χ3v) is 4.53. The highest BCUT2D eigenvalue weighted by atomic mass is 32.1. The summed E-state index contributed by atoms with van der Waals surface area (Å²) in [5.41, 5.74) is 4.41. The topological polar surface area (TPSA) is 17.1 Å². The van der Waals surface area contributed by atoms with Crippen molar-refractivity contribution in [3.8, 4) is 11.1 Å². The standard InChI is InChI=1S/C16H16OS/c1-9-7-13-11-6-5-10(16(2,3)4)8-12(11)14(17)15(13)18-9/h5-8H,1-4H3. The van der Waals surface area contributed by atoms with Crippen LogP contribution in [-0.4, -0.2) is 5.78 Å². The monoisotopic (exact) mass is 256 g/mol. The largest absolute Gasteiger partial charge is 0.288 e. The van der Waals surface area contributed by atoms with Gasteiger partial charge < -0.3 is 0 Å². The van der Waals surface area contributed by atoms with Gasteiger partial charge in [0.1, 0.15) is 0 Å². The molecule has 2 aromatic rings. The third kappa shape index (κ3) is 1.56. The second-order valence-electron chi connectivity index (χ2n) is 5.94. The molecule has 0 atom stereocenters. The van der Waals surface area contributed by atoms with Gasteiger partial charge in [0.15, 0.2) is 0 Å². The summed E-state index contributed by atoms with van der Waals surface area (Å²) < 4.78 is 0. The van der Waals surface area contributed by atoms with Crippen LogP contribution in [0.15, 0.2) is 24.3 Å². The van der Waals surface area contributed by atoms with Crippen LogP contribution in [0.25, 0.3) is 11.1 Å². The van der Waals surface area contributed by atoms with Gasteiger partial charge in [0.2, 0.25) is 5.78 Å². The molecule has 1 aromatic heterocycles. The van der Waals surface area contributed by atoms with Gasteiger partial charge in [0.25, 0.3) is 0 Å². The minimum Gasteiger partial charge on any atom is -0.288 e. The first-order chi connectivity index (χ1) is 8.38. The smallest absolute Gasteiger partial charge is 0.204 e. The lowest BCUT2D eigenvalue weighted by Crippen LogP contribution is -2.11. The minimum atomic E-state index is 0.0846. The summed E-state index contributed by atoms with van der Waals surface area (Å²) in [5.74, 6) is 0.198. The van der Waals surface area contributed by atoms with Crippen LogP contribution in [0.4, 0.5) is 0 Å². The fourth-order valence-corrected chi connectivity index (χ4v) is 3.42. The van der Waals surface area contributed by atoms with E-state index in [-0.39, 0.29) is 11.2 Å². The molecule has 1 aliphatic carbocycles. The van der Waals surface area contributed by atoms with Crippen molar-refractivity contribution in [1.29, 1.82) is 0 Å². The van der Waals surface area contributed by atoms with Crippen molar-refractivity contribution in [3.05, 3.63) is 45.1 Å². The van der Waals surface area contributed by atoms with E-state index in [0.29, 0.717) is 0 Å². The third-order valence-electron chi connectivity index (χ3n) is 3.48. The summed E-state index contributed by atoms with van der Waals surface area (Å²) in [4.78, 5) is 14.5. The van der Waals surface area contributed by atoms with Gasteiger partial charge in [-0.05, 0) is 35.6 Å². The molecule has 0 N–H and O–H groups in total. The summed E-state index contributed by atoms with van der Waals surface area (Å²) in [6, 6.07) is 8.44. The molecular formula is C16H16OS. The Labute approximate surface area is 111 Å². The van der Waals surface area contributed by atoms with E-state index in [1.165, 1.54) is 10.4 Å². The Balaban J connectivity index is 2.21. The molecule has 18 heavy (non-hydrogen) atoms. The van der Waals surface area contributed by atoms with Gasteiger partial charge in [-0.2, -0.15) is 0 Å². The molecule has 0 amide bonds. The van der Waals surface area contributed by atoms with Crippen molar-refractivity contribution in [1.82, 2.24) is 0 Å². The number of thiophene rings is 1. The Kier molecular flexibility index (Phi) is 2.30. The minimum absolute atomic E-state index is 0.0846. The molecule has 1 heterocycles. The van der Waals surface area contributed by atoms with E-state index in [0.717, 1.165) is 21.6 Å². The summed E-state index contributed by atoms with van der Waals surface area (Å²) in [7, 11) is 0. The van der Waals surface area contributed by atoms with Crippen molar-refractivity contribution in [2.24, 2.45) is 0 Å². The summed E-state index contributed by atoms with van der Waals surface area (Å²) in [6.45, 7) is 8.58. The molecule has 2 heteroatoms. The first-order valence-electron chi connectivity index (χ1n) is 6.18. The van der Waals surface area contributed by atoms with E-state index in [1.54, 1.807) is 11.3 Å². The van der Waals surface area contributed by atoms with E-state index in [2.05, 4.69) is 52.0 Å². The summed E-state index contributed by atoms with van der Waals surface area (Å²) in [6.07, 6.45) is 0. The first-order valence-corrected chi connectivity index (χ1v) is 6.99. The zero-order chi connectivity index (χ0) is 13.1. The van der Waals surface area contributed by atoms with Crippen molar-refractivity contribution in [3.63, 3.8) is 0 Å². The lowest BCUT2D eigenvalue weighted by molar-refractivity contribution is 0.104. The van der Waals surface area contributed by atoms with Crippen LogP contribution in [0.5, 0.6) is 0 Å². The Morgan fingerprint density at radius 3 is 2.39 bits per heavy atom. The lowest BCUT2D eigenvalue weighted by Gasteiger charge is -2.19. The van der Waals surface area contributed by atoms with Crippen LogP contribution >= 0.6 is 11.3 Å². The van der Waals surface area contributed by atoms with E-state index >= 15 is 0 Å². The number of ketones is 1. The quantitative estimate of drug-likeness (QED) is 0.576. The van der Waals surface area contributed by atoms with E-state index in [9.17, 15) is 4.79 Å². The Morgan fingerprint density at radius 2 is 1.72 bits per heavy atom. The number of benzene rings is 1. The number of hydrogen-bond donors (Lipinski definition) is 0. The van der Waals surface area contributed by atoms with Gasteiger partial charge in [0.05, 0.1) is 4.88 Å². The molecule has 92 valence electrons. The van der Waals surface area contributed by atoms with Crippen LogP contribution in [0.2, 0.25) is 0 Å². The van der Waals surface area contributed by atoms with Gasteiger partial charge in [-0.25, -0.2) is 0 Å². The maximum absolute atomic E-state index is 12.4. The maximum Gasteiger partial charge on any atom is 0.204 e. The maximum atomic E-state index is 12.4. The molecule has 0 spiro atoms. The Morgan fingerprint density at radius 1 is 1.00 bits per heavy atom. The molecule has 0 saturated heterocycles. The molecule has 0 unspecified atom stereocenters. The SMILES string of the molecule is Cc1cc2c(s1)C(=O)c1cc(C(C)(C)C)ccc1-2.